The first-order chi connectivity index (χ1) is 16.0. The molecule has 0 radical (unpaired) electrons. The summed E-state index contributed by atoms with van der Waals surface area (Å²) >= 11 is 4.30. The number of amides is 2. The Morgan fingerprint density at radius 2 is 1.82 bits per heavy atom. The van der Waals surface area contributed by atoms with E-state index in [1.54, 1.807) is 48.5 Å². The van der Waals surface area contributed by atoms with E-state index in [9.17, 15) is 14.9 Å². The maximum atomic E-state index is 13.1. The van der Waals surface area contributed by atoms with E-state index in [0.29, 0.717) is 28.3 Å². The lowest BCUT2D eigenvalue weighted by Gasteiger charge is -2.15. The number of imide groups is 1. The van der Waals surface area contributed by atoms with Crippen LogP contribution >= 0.6 is 27.7 Å². The van der Waals surface area contributed by atoms with Crippen molar-refractivity contribution in [3.63, 3.8) is 0 Å². The van der Waals surface area contributed by atoms with Gasteiger partial charge in [-0.3, -0.25) is 9.59 Å². The maximum absolute atomic E-state index is 13.1. The minimum absolute atomic E-state index is 0.189. The average Bonchev–Trinajstić information content (AvgIpc) is 3.11. The summed E-state index contributed by atoms with van der Waals surface area (Å²) in [7, 11) is 1.49. The molecule has 0 saturated carbocycles. The highest BCUT2D eigenvalue weighted by Crippen LogP contribution is 2.40. The Balaban J connectivity index is 1.64. The van der Waals surface area contributed by atoms with Crippen LogP contribution in [0.2, 0.25) is 0 Å². The third kappa shape index (κ3) is 4.80. The first-order valence-electron chi connectivity index (χ1n) is 9.83. The number of para-hydroxylation sites is 2. The summed E-state index contributed by atoms with van der Waals surface area (Å²) in [5, 5.41) is 8.89. The van der Waals surface area contributed by atoms with Gasteiger partial charge in [0.15, 0.2) is 0 Å². The molecule has 4 rings (SSSR count). The zero-order chi connectivity index (χ0) is 23.4. The first kappa shape index (κ1) is 22.6. The molecule has 2 amide bonds. The zero-order valence-corrected chi connectivity index (χ0v) is 19.9. The number of hydrogen-bond donors (Lipinski definition) is 0. The summed E-state index contributed by atoms with van der Waals surface area (Å²) in [4.78, 5) is 27.2. The Morgan fingerprint density at radius 1 is 1.06 bits per heavy atom. The van der Waals surface area contributed by atoms with Crippen LogP contribution in [0.5, 0.6) is 11.5 Å². The lowest BCUT2D eigenvalue weighted by Crippen LogP contribution is -2.28. The van der Waals surface area contributed by atoms with Crippen LogP contribution in [0.25, 0.3) is 6.08 Å². The molecule has 0 unspecified atom stereocenters. The van der Waals surface area contributed by atoms with Gasteiger partial charge in [-0.25, -0.2) is 4.90 Å². The van der Waals surface area contributed by atoms with Crippen molar-refractivity contribution in [3.05, 3.63) is 92.8 Å². The molecule has 8 heteroatoms. The van der Waals surface area contributed by atoms with Gasteiger partial charge in [-0.05, 0) is 54.2 Å². The summed E-state index contributed by atoms with van der Waals surface area (Å²) in [5.41, 5.74) is 2.31. The summed E-state index contributed by atoms with van der Waals surface area (Å²) in [6.45, 7) is 0.189. The highest BCUT2D eigenvalue weighted by Gasteiger charge is 2.37. The summed E-state index contributed by atoms with van der Waals surface area (Å²) in [5.74, 6) is 0.522. The van der Waals surface area contributed by atoms with E-state index in [2.05, 4.69) is 22.0 Å². The Morgan fingerprint density at radius 3 is 2.61 bits per heavy atom. The van der Waals surface area contributed by atoms with Crippen molar-refractivity contribution in [2.75, 3.05) is 12.0 Å². The predicted molar refractivity (Wildman–Crippen MR) is 131 cm³/mol. The molecule has 0 atom stereocenters. The minimum atomic E-state index is -0.435. The van der Waals surface area contributed by atoms with Crippen molar-refractivity contribution in [3.8, 4) is 17.6 Å². The number of carbonyl (C=O) groups excluding carboxylic acids is 2. The van der Waals surface area contributed by atoms with Crippen LogP contribution in [0.15, 0.2) is 76.1 Å². The van der Waals surface area contributed by atoms with Gasteiger partial charge >= 0.3 is 0 Å². The maximum Gasteiger partial charge on any atom is 0.298 e. The van der Waals surface area contributed by atoms with E-state index >= 15 is 0 Å². The molecule has 1 heterocycles. The Bertz CT molecular complexity index is 1320. The smallest absolute Gasteiger partial charge is 0.298 e. The number of hydrogen-bond acceptors (Lipinski definition) is 6. The lowest BCUT2D eigenvalue weighted by molar-refractivity contribution is -0.113. The van der Waals surface area contributed by atoms with Crippen molar-refractivity contribution in [1.29, 1.82) is 5.26 Å². The van der Waals surface area contributed by atoms with E-state index in [1.165, 1.54) is 7.11 Å². The first-order valence-corrected chi connectivity index (χ1v) is 11.4. The number of benzene rings is 3. The van der Waals surface area contributed by atoms with Crippen LogP contribution in [0.3, 0.4) is 0 Å². The molecule has 0 bridgehead atoms. The molecule has 1 aliphatic heterocycles. The van der Waals surface area contributed by atoms with Crippen molar-refractivity contribution in [1.82, 2.24) is 0 Å². The van der Waals surface area contributed by atoms with Crippen LogP contribution in [0, 0.1) is 11.3 Å². The highest BCUT2D eigenvalue weighted by molar-refractivity contribution is 9.10. The molecule has 0 aliphatic carbocycles. The molecule has 1 aliphatic rings. The number of thioether (sulfide) groups is 1. The number of methoxy groups -OCH3 is 1. The fourth-order valence-electron chi connectivity index (χ4n) is 3.31. The monoisotopic (exact) mass is 520 g/mol. The lowest BCUT2D eigenvalue weighted by atomic mass is 10.1. The third-order valence-electron chi connectivity index (χ3n) is 4.90. The number of halogens is 1. The van der Waals surface area contributed by atoms with Crippen LogP contribution < -0.4 is 14.4 Å². The van der Waals surface area contributed by atoms with Crippen LogP contribution in [-0.2, 0) is 11.4 Å². The minimum Gasteiger partial charge on any atom is -0.495 e. The topological polar surface area (TPSA) is 79.6 Å². The van der Waals surface area contributed by atoms with Gasteiger partial charge in [-0.15, -0.1) is 0 Å². The molecule has 3 aromatic carbocycles. The second-order valence-corrected chi connectivity index (χ2v) is 8.84. The van der Waals surface area contributed by atoms with Gasteiger partial charge in [-0.1, -0.05) is 46.3 Å². The van der Waals surface area contributed by atoms with Gasteiger partial charge in [0.05, 0.1) is 29.3 Å². The number of carbonyl (C=O) groups is 2. The summed E-state index contributed by atoms with van der Waals surface area (Å²) < 4.78 is 12.1. The second kappa shape index (κ2) is 9.94. The number of nitriles is 1. The fraction of sp³-hybridized carbons (Fsp3) is 0.0800. The highest BCUT2D eigenvalue weighted by atomic mass is 79.9. The van der Waals surface area contributed by atoms with Crippen molar-refractivity contribution in [2.45, 2.75) is 6.61 Å². The Labute approximate surface area is 203 Å². The van der Waals surface area contributed by atoms with Gasteiger partial charge in [0.1, 0.15) is 18.1 Å². The molecular weight excluding hydrogens is 504 g/mol. The Kier molecular flexibility index (Phi) is 6.82. The van der Waals surface area contributed by atoms with Crippen LogP contribution in [0.4, 0.5) is 10.5 Å². The number of nitrogens with zero attached hydrogens (tertiary/aromatic N) is 2. The molecule has 164 valence electrons. The van der Waals surface area contributed by atoms with Gasteiger partial charge in [-0.2, -0.15) is 5.26 Å². The molecule has 0 aromatic heterocycles. The molecule has 0 spiro atoms. The van der Waals surface area contributed by atoms with Crippen molar-refractivity contribution < 1.29 is 19.1 Å². The van der Waals surface area contributed by atoms with Gasteiger partial charge < -0.3 is 9.47 Å². The standard InChI is InChI=1S/C25H17BrN2O4S/c1-31-22-9-5-4-8-20(22)28-24(29)23(33-25(28)30)13-18-12-19(26)10-11-21(18)32-15-17-7-3-2-6-16(17)14-27/h2-13H,15H2,1H3/b23-13-. The van der Waals surface area contributed by atoms with Crippen LogP contribution in [-0.4, -0.2) is 18.3 Å². The normalized spacial score (nSPS) is 14.5. The number of anilines is 1. The largest absolute Gasteiger partial charge is 0.495 e. The molecule has 1 saturated heterocycles. The van der Waals surface area contributed by atoms with E-state index in [4.69, 9.17) is 9.47 Å². The van der Waals surface area contributed by atoms with E-state index in [-0.39, 0.29) is 11.5 Å². The molecule has 1 fully saturated rings. The van der Waals surface area contributed by atoms with Gasteiger partial charge in [0, 0.05) is 15.6 Å². The average molecular weight is 521 g/mol. The van der Waals surface area contributed by atoms with Crippen molar-refractivity contribution >= 4 is 50.6 Å². The molecule has 3 aromatic rings. The number of ether oxygens (including phenoxy) is 2. The van der Waals surface area contributed by atoms with Gasteiger partial charge in [0.2, 0.25) is 0 Å². The van der Waals surface area contributed by atoms with Gasteiger partial charge in [0.25, 0.3) is 11.1 Å². The quantitative estimate of drug-likeness (QED) is 0.362. The molecule has 6 nitrogen and oxygen atoms in total. The molecule has 0 N–H and O–H groups in total. The summed E-state index contributed by atoms with van der Waals surface area (Å²) in [6.07, 6.45) is 1.64. The zero-order valence-electron chi connectivity index (χ0n) is 17.4. The van der Waals surface area contributed by atoms with E-state index in [0.717, 1.165) is 26.7 Å². The Hall–Kier alpha value is -3.54. The van der Waals surface area contributed by atoms with Crippen LogP contribution in [0.1, 0.15) is 16.7 Å². The molecular formula is C25H17BrN2O4S. The van der Waals surface area contributed by atoms with E-state index in [1.807, 2.05) is 24.3 Å². The SMILES string of the molecule is COc1ccccc1N1C(=O)S/C(=C\c2cc(Br)ccc2OCc2ccccc2C#N)C1=O. The van der Waals surface area contributed by atoms with Crippen molar-refractivity contribution in [2.24, 2.45) is 0 Å². The molecule has 33 heavy (non-hydrogen) atoms. The third-order valence-corrected chi connectivity index (χ3v) is 6.26. The predicted octanol–water partition coefficient (Wildman–Crippen LogP) is 6.15. The second-order valence-electron chi connectivity index (χ2n) is 6.93. The fourth-order valence-corrected chi connectivity index (χ4v) is 4.51. The summed E-state index contributed by atoms with van der Waals surface area (Å²) in [6, 6.07) is 21.6. The number of rotatable bonds is 6. The van der Waals surface area contributed by atoms with E-state index < -0.39 is 11.1 Å².